The van der Waals surface area contributed by atoms with Gasteiger partial charge >= 0.3 is 0 Å². The molecule has 0 radical (unpaired) electrons. The molecule has 0 amide bonds. The number of ether oxygens (including phenoxy) is 2. The predicted octanol–water partition coefficient (Wildman–Crippen LogP) is 3.85. The van der Waals surface area contributed by atoms with Gasteiger partial charge in [0.25, 0.3) is 0 Å². The van der Waals surface area contributed by atoms with Crippen LogP contribution in [0.4, 0.5) is 0 Å². The van der Waals surface area contributed by atoms with Crippen LogP contribution in [0, 0.1) is 6.92 Å². The molecular formula is C24H27NO5. The molecule has 3 aromatic rings. The standard InChI is InChI=1S/C24H27NO5/c1-18-5-7-19(8-6-18)13-25(15-22-4-3-11-29-22)14-21(27)17-30-23-10-9-20(16-26)12-24(23)28-2/h3-12,16,21,27H,13-15,17H2,1-2H3. The lowest BCUT2D eigenvalue weighted by atomic mass is 10.1. The number of aliphatic hydroxyl groups excluding tert-OH is 1. The highest BCUT2D eigenvalue weighted by atomic mass is 16.5. The third-order valence-corrected chi connectivity index (χ3v) is 4.71. The number of rotatable bonds is 11. The molecule has 1 N–H and O–H groups in total. The minimum atomic E-state index is -0.721. The first kappa shape index (κ1) is 21.6. The van der Waals surface area contributed by atoms with Crippen LogP contribution >= 0.6 is 0 Å². The molecule has 30 heavy (non-hydrogen) atoms. The fourth-order valence-electron chi connectivity index (χ4n) is 3.17. The van der Waals surface area contributed by atoms with Crippen molar-refractivity contribution in [2.75, 3.05) is 20.3 Å². The molecule has 0 fully saturated rings. The summed E-state index contributed by atoms with van der Waals surface area (Å²) in [5.74, 6) is 1.78. The Bertz CT molecular complexity index is 921. The molecule has 0 aliphatic carbocycles. The zero-order valence-electron chi connectivity index (χ0n) is 17.3. The lowest BCUT2D eigenvalue weighted by Crippen LogP contribution is -2.35. The number of hydrogen-bond donors (Lipinski definition) is 1. The van der Waals surface area contributed by atoms with Gasteiger partial charge in [0.2, 0.25) is 0 Å². The van der Waals surface area contributed by atoms with Crippen LogP contribution in [0.2, 0.25) is 0 Å². The maximum Gasteiger partial charge on any atom is 0.161 e. The van der Waals surface area contributed by atoms with Crippen molar-refractivity contribution in [1.29, 1.82) is 0 Å². The molecule has 0 aliphatic heterocycles. The van der Waals surface area contributed by atoms with Gasteiger partial charge in [-0.2, -0.15) is 0 Å². The van der Waals surface area contributed by atoms with Gasteiger partial charge in [-0.25, -0.2) is 0 Å². The molecule has 3 rings (SSSR count). The number of benzene rings is 2. The number of aliphatic hydroxyl groups is 1. The first-order chi connectivity index (χ1) is 14.6. The molecule has 0 spiro atoms. The average molecular weight is 409 g/mol. The van der Waals surface area contributed by atoms with Gasteiger partial charge in [-0.15, -0.1) is 0 Å². The van der Waals surface area contributed by atoms with Crippen molar-refractivity contribution in [3.63, 3.8) is 0 Å². The van der Waals surface area contributed by atoms with Gasteiger partial charge in [0.05, 0.1) is 19.9 Å². The molecule has 1 aromatic heterocycles. The number of carbonyl (C=O) groups excluding carboxylic acids is 1. The number of methoxy groups -OCH3 is 1. The van der Waals surface area contributed by atoms with Crippen LogP contribution < -0.4 is 9.47 Å². The van der Waals surface area contributed by atoms with E-state index in [9.17, 15) is 9.90 Å². The Labute approximate surface area is 176 Å². The summed E-state index contributed by atoms with van der Waals surface area (Å²) in [5, 5.41) is 10.6. The van der Waals surface area contributed by atoms with Crippen LogP contribution in [0.3, 0.4) is 0 Å². The van der Waals surface area contributed by atoms with E-state index in [0.717, 1.165) is 17.6 Å². The van der Waals surface area contributed by atoms with Crippen molar-refractivity contribution >= 4 is 6.29 Å². The van der Waals surface area contributed by atoms with Crippen molar-refractivity contribution in [2.45, 2.75) is 26.1 Å². The number of hydrogen-bond acceptors (Lipinski definition) is 6. The van der Waals surface area contributed by atoms with Crippen LogP contribution in [-0.4, -0.2) is 42.7 Å². The zero-order chi connectivity index (χ0) is 21.3. The molecule has 1 atom stereocenters. The number of furan rings is 1. The Hall–Kier alpha value is -3.09. The van der Waals surface area contributed by atoms with Crippen molar-refractivity contribution in [3.05, 3.63) is 83.3 Å². The van der Waals surface area contributed by atoms with Crippen molar-refractivity contribution in [3.8, 4) is 11.5 Å². The van der Waals surface area contributed by atoms with Crippen molar-refractivity contribution in [1.82, 2.24) is 4.90 Å². The molecule has 1 unspecified atom stereocenters. The summed E-state index contributed by atoms with van der Waals surface area (Å²) in [5.41, 5.74) is 2.87. The molecular weight excluding hydrogens is 382 g/mol. The smallest absolute Gasteiger partial charge is 0.161 e. The molecule has 6 nitrogen and oxygen atoms in total. The van der Waals surface area contributed by atoms with E-state index in [1.54, 1.807) is 24.5 Å². The number of aldehydes is 1. The van der Waals surface area contributed by atoms with Gasteiger partial charge < -0.3 is 19.0 Å². The molecule has 6 heteroatoms. The van der Waals surface area contributed by atoms with Crippen LogP contribution in [0.25, 0.3) is 0 Å². The SMILES string of the molecule is COc1cc(C=O)ccc1OCC(O)CN(Cc1ccc(C)cc1)Cc1ccco1. The van der Waals surface area contributed by atoms with Crippen LogP contribution in [-0.2, 0) is 13.1 Å². The first-order valence-electron chi connectivity index (χ1n) is 9.81. The van der Waals surface area contributed by atoms with Crippen LogP contribution in [0.1, 0.15) is 27.2 Å². The third-order valence-electron chi connectivity index (χ3n) is 4.71. The van der Waals surface area contributed by atoms with E-state index in [1.807, 2.05) is 12.1 Å². The molecule has 1 heterocycles. The van der Waals surface area contributed by atoms with Gasteiger partial charge in [0, 0.05) is 18.7 Å². The van der Waals surface area contributed by atoms with Crippen LogP contribution in [0.5, 0.6) is 11.5 Å². The topological polar surface area (TPSA) is 72.1 Å². The quantitative estimate of drug-likeness (QED) is 0.485. The van der Waals surface area contributed by atoms with E-state index in [2.05, 4.69) is 36.1 Å². The molecule has 0 saturated heterocycles. The summed E-state index contributed by atoms with van der Waals surface area (Å²) >= 11 is 0. The van der Waals surface area contributed by atoms with Gasteiger partial charge in [-0.05, 0) is 42.8 Å². The number of aryl methyl sites for hydroxylation is 1. The van der Waals surface area contributed by atoms with Gasteiger partial charge in [-0.3, -0.25) is 9.69 Å². The lowest BCUT2D eigenvalue weighted by molar-refractivity contribution is 0.0596. The van der Waals surface area contributed by atoms with E-state index >= 15 is 0 Å². The Morgan fingerprint density at radius 2 is 1.90 bits per heavy atom. The Balaban J connectivity index is 1.63. The lowest BCUT2D eigenvalue weighted by Gasteiger charge is -2.24. The summed E-state index contributed by atoms with van der Waals surface area (Å²) < 4.78 is 16.5. The highest BCUT2D eigenvalue weighted by Gasteiger charge is 2.16. The predicted molar refractivity (Wildman–Crippen MR) is 114 cm³/mol. The number of carbonyl (C=O) groups is 1. The maximum absolute atomic E-state index is 10.9. The second-order valence-corrected chi connectivity index (χ2v) is 7.23. The summed E-state index contributed by atoms with van der Waals surface area (Å²) in [6, 6.07) is 17.0. The van der Waals surface area contributed by atoms with Crippen LogP contribution in [0.15, 0.2) is 65.3 Å². The maximum atomic E-state index is 10.9. The summed E-state index contributed by atoms with van der Waals surface area (Å²) in [6.45, 7) is 3.81. The molecule has 2 aromatic carbocycles. The van der Waals surface area contributed by atoms with E-state index in [4.69, 9.17) is 13.9 Å². The fraction of sp³-hybridized carbons (Fsp3) is 0.292. The minimum Gasteiger partial charge on any atom is -0.493 e. The van der Waals surface area contributed by atoms with E-state index in [1.165, 1.54) is 12.7 Å². The second-order valence-electron chi connectivity index (χ2n) is 7.23. The summed E-state index contributed by atoms with van der Waals surface area (Å²) in [7, 11) is 1.51. The van der Waals surface area contributed by atoms with E-state index < -0.39 is 6.10 Å². The van der Waals surface area contributed by atoms with Gasteiger partial charge in [0.1, 0.15) is 24.8 Å². The van der Waals surface area contributed by atoms with E-state index in [-0.39, 0.29) is 6.61 Å². The monoisotopic (exact) mass is 409 g/mol. The normalized spacial score (nSPS) is 12.0. The summed E-state index contributed by atoms with van der Waals surface area (Å²) in [4.78, 5) is 13.0. The summed E-state index contributed by atoms with van der Waals surface area (Å²) in [6.07, 6.45) is 1.67. The van der Waals surface area contributed by atoms with Gasteiger partial charge in [-0.1, -0.05) is 29.8 Å². The largest absolute Gasteiger partial charge is 0.493 e. The Kier molecular flexibility index (Phi) is 7.65. The zero-order valence-corrected chi connectivity index (χ0v) is 17.3. The molecule has 0 aliphatic rings. The third kappa shape index (κ3) is 6.20. The average Bonchev–Trinajstić information content (AvgIpc) is 3.26. The fourth-order valence-corrected chi connectivity index (χ4v) is 3.17. The van der Waals surface area contributed by atoms with Crippen molar-refractivity contribution < 1.29 is 23.8 Å². The highest BCUT2D eigenvalue weighted by molar-refractivity contribution is 5.76. The van der Waals surface area contributed by atoms with Gasteiger partial charge in [0.15, 0.2) is 11.5 Å². The minimum absolute atomic E-state index is 0.0966. The van der Waals surface area contributed by atoms with Crippen molar-refractivity contribution in [2.24, 2.45) is 0 Å². The molecule has 0 bridgehead atoms. The van der Waals surface area contributed by atoms with E-state index in [0.29, 0.717) is 36.7 Å². The Morgan fingerprint density at radius 1 is 1.10 bits per heavy atom. The molecule has 0 saturated carbocycles. The second kappa shape index (κ2) is 10.6. The number of nitrogens with zero attached hydrogens (tertiary/aromatic N) is 1. The Morgan fingerprint density at radius 3 is 2.57 bits per heavy atom. The first-order valence-corrected chi connectivity index (χ1v) is 9.81. The molecule has 158 valence electrons. The highest BCUT2D eigenvalue weighted by Crippen LogP contribution is 2.27.